The molecule has 1 aromatic carbocycles. The number of anilines is 2. The summed E-state index contributed by atoms with van der Waals surface area (Å²) in [6.07, 6.45) is 2.52. The largest absolute Gasteiger partial charge is 0.383 e. The molecule has 0 saturated carbocycles. The number of carbonyl (C=O) groups is 1. The molecule has 0 aliphatic carbocycles. The molecule has 1 aromatic heterocycles. The van der Waals surface area contributed by atoms with Gasteiger partial charge in [0.15, 0.2) is 0 Å². The molecule has 0 bridgehead atoms. The molecule has 1 amide bonds. The van der Waals surface area contributed by atoms with E-state index in [2.05, 4.69) is 20.6 Å². The maximum absolute atomic E-state index is 13.5. The van der Waals surface area contributed by atoms with Gasteiger partial charge in [0.2, 0.25) is 5.95 Å². The molecule has 6 nitrogen and oxygen atoms in total. The quantitative estimate of drug-likeness (QED) is 0.797. The Morgan fingerprint density at radius 2 is 1.86 bits per heavy atom. The van der Waals surface area contributed by atoms with E-state index in [0.717, 1.165) is 12.1 Å². The molecule has 1 heterocycles. The number of hydrogen-bond acceptors (Lipinski definition) is 5. The lowest BCUT2D eigenvalue weighted by Gasteiger charge is -2.08. The maximum Gasteiger partial charge on any atom is 0.254 e. The van der Waals surface area contributed by atoms with Gasteiger partial charge in [-0.1, -0.05) is 6.07 Å². The van der Waals surface area contributed by atoms with Crippen molar-refractivity contribution in [1.29, 1.82) is 0 Å². The Labute approximate surface area is 125 Å². The van der Waals surface area contributed by atoms with Crippen LogP contribution < -0.4 is 10.6 Å². The first-order chi connectivity index (χ1) is 10.6. The Morgan fingerprint density at radius 1 is 1.23 bits per heavy atom. The Balaban J connectivity index is 2.04. The van der Waals surface area contributed by atoms with E-state index in [0.29, 0.717) is 13.2 Å². The van der Waals surface area contributed by atoms with Crippen molar-refractivity contribution in [2.45, 2.75) is 0 Å². The van der Waals surface area contributed by atoms with E-state index in [1.165, 1.54) is 25.6 Å². The van der Waals surface area contributed by atoms with Gasteiger partial charge in [0.05, 0.1) is 12.2 Å². The number of para-hydroxylation sites is 1. The highest BCUT2D eigenvalue weighted by Gasteiger charge is 2.11. The minimum Gasteiger partial charge on any atom is -0.383 e. The number of benzene rings is 1. The van der Waals surface area contributed by atoms with Crippen LogP contribution in [-0.2, 0) is 4.74 Å². The van der Waals surface area contributed by atoms with Gasteiger partial charge < -0.3 is 15.4 Å². The highest BCUT2D eigenvalue weighted by Crippen LogP contribution is 2.20. The second-order valence-electron chi connectivity index (χ2n) is 4.27. The summed E-state index contributed by atoms with van der Waals surface area (Å²) < 4.78 is 31.8. The first kappa shape index (κ1) is 15.8. The number of carbonyl (C=O) groups excluding carboxylic acids is 1. The summed E-state index contributed by atoms with van der Waals surface area (Å²) in [5.74, 6) is -1.90. The zero-order valence-electron chi connectivity index (χ0n) is 11.8. The summed E-state index contributed by atoms with van der Waals surface area (Å²) in [4.78, 5) is 19.4. The molecule has 8 heteroatoms. The predicted molar refractivity (Wildman–Crippen MR) is 75.9 cm³/mol. The van der Waals surface area contributed by atoms with E-state index < -0.39 is 11.6 Å². The second kappa shape index (κ2) is 7.41. The van der Waals surface area contributed by atoms with Gasteiger partial charge in [-0.15, -0.1) is 0 Å². The summed E-state index contributed by atoms with van der Waals surface area (Å²) in [6.45, 7) is 0.745. The molecule has 2 rings (SSSR count). The fourth-order valence-electron chi connectivity index (χ4n) is 1.61. The minimum absolute atomic E-state index is 0.0163. The molecule has 116 valence electrons. The summed E-state index contributed by atoms with van der Waals surface area (Å²) >= 11 is 0. The Morgan fingerprint density at radius 3 is 2.45 bits per heavy atom. The number of rotatable bonds is 6. The summed E-state index contributed by atoms with van der Waals surface area (Å²) in [6, 6.07) is 3.48. The number of halogens is 2. The van der Waals surface area contributed by atoms with Crippen molar-refractivity contribution in [2.24, 2.45) is 0 Å². The van der Waals surface area contributed by atoms with E-state index in [1.807, 2.05) is 0 Å². The summed E-state index contributed by atoms with van der Waals surface area (Å²) in [7, 11) is 1.53. The third-order valence-electron chi connectivity index (χ3n) is 2.71. The number of nitrogens with zero attached hydrogens (tertiary/aromatic N) is 2. The van der Waals surface area contributed by atoms with Crippen molar-refractivity contribution in [1.82, 2.24) is 15.3 Å². The number of aromatic nitrogens is 2. The van der Waals surface area contributed by atoms with Crippen molar-refractivity contribution >= 4 is 17.5 Å². The zero-order chi connectivity index (χ0) is 15.9. The van der Waals surface area contributed by atoms with Gasteiger partial charge in [-0.25, -0.2) is 18.7 Å². The molecule has 0 fully saturated rings. The standard InChI is InChI=1S/C14H14F2N4O2/c1-22-6-5-17-13(21)9-7-18-14(19-8-9)20-12-10(15)3-2-4-11(12)16/h2-4,7-8H,5-6H2,1H3,(H,17,21)(H,18,19,20). The lowest BCUT2D eigenvalue weighted by molar-refractivity contribution is 0.0936. The van der Waals surface area contributed by atoms with Crippen LogP contribution in [0.4, 0.5) is 20.4 Å². The molecule has 0 unspecified atom stereocenters. The van der Waals surface area contributed by atoms with E-state index in [4.69, 9.17) is 4.74 Å². The van der Waals surface area contributed by atoms with Crippen LogP contribution in [0.15, 0.2) is 30.6 Å². The first-order valence-electron chi connectivity index (χ1n) is 6.42. The lowest BCUT2D eigenvalue weighted by atomic mass is 10.3. The molecule has 0 aliphatic rings. The van der Waals surface area contributed by atoms with Gasteiger partial charge in [-0.05, 0) is 12.1 Å². The van der Waals surface area contributed by atoms with Gasteiger partial charge in [-0.2, -0.15) is 0 Å². The van der Waals surface area contributed by atoms with E-state index >= 15 is 0 Å². The van der Waals surface area contributed by atoms with Gasteiger partial charge in [0, 0.05) is 26.0 Å². The van der Waals surface area contributed by atoms with Crippen molar-refractivity contribution < 1.29 is 18.3 Å². The summed E-state index contributed by atoms with van der Waals surface area (Å²) in [5, 5.41) is 5.04. The van der Waals surface area contributed by atoms with Crippen LogP contribution in [0, 0.1) is 11.6 Å². The van der Waals surface area contributed by atoms with Crippen LogP contribution in [0.25, 0.3) is 0 Å². The normalized spacial score (nSPS) is 10.3. The van der Waals surface area contributed by atoms with Crippen LogP contribution in [-0.4, -0.2) is 36.1 Å². The highest BCUT2D eigenvalue weighted by atomic mass is 19.1. The van der Waals surface area contributed by atoms with Crippen LogP contribution in [0.2, 0.25) is 0 Å². The Hall–Kier alpha value is -2.61. The van der Waals surface area contributed by atoms with Crippen LogP contribution in [0.1, 0.15) is 10.4 Å². The molecule has 22 heavy (non-hydrogen) atoms. The molecule has 2 N–H and O–H groups in total. The van der Waals surface area contributed by atoms with Gasteiger partial charge in [-0.3, -0.25) is 4.79 Å². The maximum atomic E-state index is 13.5. The van der Waals surface area contributed by atoms with Crippen LogP contribution >= 0.6 is 0 Å². The molecule has 2 aromatic rings. The van der Waals surface area contributed by atoms with E-state index in [-0.39, 0.29) is 23.1 Å². The molecular formula is C14H14F2N4O2. The SMILES string of the molecule is COCCNC(=O)c1cnc(Nc2c(F)cccc2F)nc1. The van der Waals surface area contributed by atoms with Gasteiger partial charge >= 0.3 is 0 Å². The molecule has 0 saturated heterocycles. The van der Waals surface area contributed by atoms with Gasteiger partial charge in [0.1, 0.15) is 17.3 Å². The third-order valence-corrected chi connectivity index (χ3v) is 2.71. The zero-order valence-corrected chi connectivity index (χ0v) is 11.8. The smallest absolute Gasteiger partial charge is 0.254 e. The monoisotopic (exact) mass is 308 g/mol. The average molecular weight is 308 g/mol. The predicted octanol–water partition coefficient (Wildman–Crippen LogP) is 1.87. The fourth-order valence-corrected chi connectivity index (χ4v) is 1.61. The Bertz CT molecular complexity index is 630. The Kier molecular flexibility index (Phi) is 5.31. The number of ether oxygens (including phenoxy) is 1. The summed E-state index contributed by atoms with van der Waals surface area (Å²) in [5.41, 5.74) is -0.115. The molecular weight excluding hydrogens is 294 g/mol. The lowest BCUT2D eigenvalue weighted by Crippen LogP contribution is -2.27. The van der Waals surface area contributed by atoms with E-state index in [1.54, 1.807) is 0 Å². The molecule has 0 atom stereocenters. The first-order valence-corrected chi connectivity index (χ1v) is 6.42. The molecule has 0 radical (unpaired) electrons. The molecule has 0 spiro atoms. The van der Waals surface area contributed by atoms with Crippen molar-refractivity contribution in [3.63, 3.8) is 0 Å². The second-order valence-corrected chi connectivity index (χ2v) is 4.27. The van der Waals surface area contributed by atoms with Crippen molar-refractivity contribution in [3.8, 4) is 0 Å². The number of amides is 1. The average Bonchev–Trinajstić information content (AvgIpc) is 2.52. The van der Waals surface area contributed by atoms with Crippen LogP contribution in [0.3, 0.4) is 0 Å². The van der Waals surface area contributed by atoms with Crippen molar-refractivity contribution in [2.75, 3.05) is 25.6 Å². The molecule has 0 aliphatic heterocycles. The van der Waals surface area contributed by atoms with Crippen LogP contribution in [0.5, 0.6) is 0 Å². The van der Waals surface area contributed by atoms with Gasteiger partial charge in [0.25, 0.3) is 5.91 Å². The minimum atomic E-state index is -0.759. The fraction of sp³-hybridized carbons (Fsp3) is 0.214. The van der Waals surface area contributed by atoms with E-state index in [9.17, 15) is 13.6 Å². The topological polar surface area (TPSA) is 76.1 Å². The van der Waals surface area contributed by atoms with Crippen molar-refractivity contribution in [3.05, 3.63) is 47.8 Å². The number of methoxy groups -OCH3 is 1. The number of nitrogens with one attached hydrogen (secondary N) is 2. The third kappa shape index (κ3) is 3.95. The highest BCUT2D eigenvalue weighted by molar-refractivity contribution is 5.93. The number of hydrogen-bond donors (Lipinski definition) is 2.